The minimum atomic E-state index is -0.235. The fourth-order valence-electron chi connectivity index (χ4n) is 1.70. The second-order valence-electron chi connectivity index (χ2n) is 4.10. The van der Waals surface area contributed by atoms with Crippen LogP contribution >= 0.6 is 0 Å². The molecule has 5 nitrogen and oxygen atoms in total. The van der Waals surface area contributed by atoms with Crippen LogP contribution in [-0.4, -0.2) is 15.9 Å². The quantitative estimate of drug-likeness (QED) is 0.706. The van der Waals surface area contributed by atoms with Crippen molar-refractivity contribution < 1.29 is 4.79 Å². The number of carbonyl (C=O) groups excluding carboxylic acids is 1. The molecule has 1 amide bonds. The second-order valence-corrected chi connectivity index (χ2v) is 4.10. The zero-order chi connectivity index (χ0) is 11.1. The van der Waals surface area contributed by atoms with Crippen molar-refractivity contribution in [1.29, 1.82) is 0 Å². The molecule has 1 saturated carbocycles. The Morgan fingerprint density at radius 3 is 2.75 bits per heavy atom. The van der Waals surface area contributed by atoms with Gasteiger partial charge < -0.3 is 15.3 Å². The average molecular weight is 217 g/mol. The lowest BCUT2D eigenvalue weighted by molar-refractivity contribution is -0.117. The predicted octanol–water partition coefficient (Wildman–Crippen LogP) is 1.20. The lowest BCUT2D eigenvalue weighted by Crippen LogP contribution is -2.13. The van der Waals surface area contributed by atoms with Crippen LogP contribution in [0, 0.1) is 5.92 Å². The minimum absolute atomic E-state index is 0.0669. The summed E-state index contributed by atoms with van der Waals surface area (Å²) >= 11 is 0. The van der Waals surface area contributed by atoms with Crippen LogP contribution in [0.1, 0.15) is 12.8 Å². The van der Waals surface area contributed by atoms with E-state index >= 15 is 0 Å². The number of anilines is 1. The molecule has 5 heteroatoms. The van der Waals surface area contributed by atoms with Gasteiger partial charge in [-0.1, -0.05) is 0 Å². The van der Waals surface area contributed by atoms with E-state index in [0.717, 1.165) is 24.0 Å². The maximum atomic E-state index is 11.5. The lowest BCUT2D eigenvalue weighted by Gasteiger charge is -2.03. The highest BCUT2D eigenvalue weighted by molar-refractivity contribution is 5.95. The predicted molar refractivity (Wildman–Crippen MR) is 60.3 cm³/mol. The molecule has 1 aromatic heterocycles. The van der Waals surface area contributed by atoms with Gasteiger partial charge in [0.15, 0.2) is 0 Å². The maximum Gasteiger partial charge on any atom is 0.323 e. The number of aromatic amines is 2. The zero-order valence-corrected chi connectivity index (χ0v) is 8.54. The Hall–Kier alpha value is -2.04. The van der Waals surface area contributed by atoms with E-state index in [-0.39, 0.29) is 17.5 Å². The van der Waals surface area contributed by atoms with Crippen LogP contribution in [0.15, 0.2) is 23.0 Å². The smallest absolute Gasteiger partial charge is 0.323 e. The Kier molecular flexibility index (Phi) is 1.86. The highest BCUT2D eigenvalue weighted by Gasteiger charge is 2.29. The molecule has 0 unspecified atom stereocenters. The molecule has 1 heterocycles. The van der Waals surface area contributed by atoms with Crippen LogP contribution < -0.4 is 11.0 Å². The Labute approximate surface area is 90.9 Å². The van der Waals surface area contributed by atoms with E-state index in [4.69, 9.17) is 0 Å². The maximum absolute atomic E-state index is 11.5. The van der Waals surface area contributed by atoms with Gasteiger partial charge in [0, 0.05) is 11.6 Å². The summed E-state index contributed by atoms with van der Waals surface area (Å²) in [6, 6.07) is 5.32. The fourth-order valence-corrected chi connectivity index (χ4v) is 1.70. The van der Waals surface area contributed by atoms with Crippen molar-refractivity contribution in [3.05, 3.63) is 28.7 Å². The van der Waals surface area contributed by atoms with Gasteiger partial charge in [0.2, 0.25) is 5.91 Å². The highest BCUT2D eigenvalue weighted by atomic mass is 16.2. The van der Waals surface area contributed by atoms with Gasteiger partial charge in [-0.25, -0.2) is 4.79 Å². The molecule has 0 aliphatic heterocycles. The number of amides is 1. The van der Waals surface area contributed by atoms with E-state index in [1.807, 2.05) is 0 Å². The summed E-state index contributed by atoms with van der Waals surface area (Å²) in [6.45, 7) is 0. The van der Waals surface area contributed by atoms with Crippen LogP contribution in [0.5, 0.6) is 0 Å². The van der Waals surface area contributed by atoms with Gasteiger partial charge in [0.1, 0.15) is 0 Å². The molecule has 0 bridgehead atoms. The summed E-state index contributed by atoms with van der Waals surface area (Å²) in [6.07, 6.45) is 1.96. The Balaban J connectivity index is 1.91. The number of H-pyrrole nitrogens is 2. The van der Waals surface area contributed by atoms with Crippen LogP contribution in [0.2, 0.25) is 0 Å². The molecule has 82 valence electrons. The number of fused-ring (bicyclic) bond motifs is 1. The van der Waals surface area contributed by atoms with Crippen LogP contribution in [0.3, 0.4) is 0 Å². The van der Waals surface area contributed by atoms with Crippen molar-refractivity contribution in [2.24, 2.45) is 5.92 Å². The normalized spacial score (nSPS) is 15.2. The molecular weight excluding hydrogens is 206 g/mol. The van der Waals surface area contributed by atoms with Gasteiger partial charge in [-0.2, -0.15) is 0 Å². The number of nitrogens with one attached hydrogen (secondary N) is 3. The average Bonchev–Trinajstić information content (AvgIpc) is 3.01. The van der Waals surface area contributed by atoms with Crippen molar-refractivity contribution in [3.8, 4) is 0 Å². The third-order valence-corrected chi connectivity index (χ3v) is 2.73. The van der Waals surface area contributed by atoms with Gasteiger partial charge in [-0.05, 0) is 31.0 Å². The molecule has 1 fully saturated rings. The standard InChI is InChI=1S/C11H11N3O2/c15-10(6-1-2-6)12-7-3-4-8-9(5-7)14-11(16)13-8/h3-6H,1-2H2,(H,12,15)(H2,13,14,16). The highest BCUT2D eigenvalue weighted by Crippen LogP contribution is 2.30. The summed E-state index contributed by atoms with van der Waals surface area (Å²) in [5.74, 6) is 0.248. The van der Waals surface area contributed by atoms with Gasteiger partial charge in [-0.15, -0.1) is 0 Å². The first-order valence-corrected chi connectivity index (χ1v) is 5.25. The van der Waals surface area contributed by atoms with Crippen molar-refractivity contribution in [2.45, 2.75) is 12.8 Å². The van der Waals surface area contributed by atoms with Gasteiger partial charge in [0.05, 0.1) is 11.0 Å². The summed E-state index contributed by atoms with van der Waals surface area (Å²) in [5, 5.41) is 2.83. The SMILES string of the molecule is O=C(Nc1ccc2[nH]c(=O)[nH]c2c1)C1CC1. The number of benzene rings is 1. The van der Waals surface area contributed by atoms with Gasteiger partial charge in [-0.3, -0.25) is 4.79 Å². The molecule has 1 aromatic carbocycles. The molecule has 1 aliphatic rings. The van der Waals surface area contributed by atoms with Gasteiger partial charge in [0.25, 0.3) is 0 Å². The van der Waals surface area contributed by atoms with Crippen molar-refractivity contribution in [2.75, 3.05) is 5.32 Å². The van der Waals surface area contributed by atoms with E-state index in [2.05, 4.69) is 15.3 Å². The number of rotatable bonds is 2. The number of hydrogen-bond acceptors (Lipinski definition) is 2. The zero-order valence-electron chi connectivity index (χ0n) is 8.54. The largest absolute Gasteiger partial charge is 0.326 e. The molecule has 2 aromatic rings. The third-order valence-electron chi connectivity index (χ3n) is 2.73. The molecule has 16 heavy (non-hydrogen) atoms. The fraction of sp³-hybridized carbons (Fsp3) is 0.273. The first-order valence-electron chi connectivity index (χ1n) is 5.25. The van der Waals surface area contributed by atoms with E-state index in [1.165, 1.54) is 0 Å². The summed E-state index contributed by atoms with van der Waals surface area (Å²) in [5.41, 5.74) is 1.94. The molecule has 1 aliphatic carbocycles. The van der Waals surface area contributed by atoms with Crippen LogP contribution in [0.25, 0.3) is 11.0 Å². The van der Waals surface area contributed by atoms with E-state index in [9.17, 15) is 9.59 Å². The van der Waals surface area contributed by atoms with Gasteiger partial charge >= 0.3 is 5.69 Å². The molecule has 0 radical (unpaired) electrons. The number of hydrogen-bond donors (Lipinski definition) is 3. The first-order chi connectivity index (χ1) is 7.72. The number of imidazole rings is 1. The lowest BCUT2D eigenvalue weighted by atomic mass is 10.2. The minimum Gasteiger partial charge on any atom is -0.326 e. The summed E-state index contributed by atoms with van der Waals surface area (Å²) in [4.78, 5) is 27.9. The van der Waals surface area contributed by atoms with E-state index < -0.39 is 0 Å². The van der Waals surface area contributed by atoms with Crippen LogP contribution in [-0.2, 0) is 4.79 Å². The topological polar surface area (TPSA) is 77.8 Å². The van der Waals surface area contributed by atoms with Crippen LogP contribution in [0.4, 0.5) is 5.69 Å². The molecule has 3 rings (SSSR count). The molecule has 3 N–H and O–H groups in total. The van der Waals surface area contributed by atoms with E-state index in [0.29, 0.717) is 5.52 Å². The first kappa shape index (κ1) is 9.21. The Bertz CT molecular complexity index is 607. The molecule has 0 saturated heterocycles. The Morgan fingerprint density at radius 1 is 1.25 bits per heavy atom. The molecule has 0 atom stereocenters. The second kappa shape index (κ2) is 3.23. The third kappa shape index (κ3) is 1.60. The van der Waals surface area contributed by atoms with Crippen molar-refractivity contribution in [1.82, 2.24) is 9.97 Å². The number of carbonyl (C=O) groups is 1. The molecule has 0 spiro atoms. The summed E-state index contributed by atoms with van der Waals surface area (Å²) in [7, 11) is 0. The molecular formula is C11H11N3O2. The number of aromatic nitrogens is 2. The summed E-state index contributed by atoms with van der Waals surface area (Å²) < 4.78 is 0. The monoisotopic (exact) mass is 217 g/mol. The van der Waals surface area contributed by atoms with Crippen molar-refractivity contribution >= 4 is 22.6 Å². The van der Waals surface area contributed by atoms with E-state index in [1.54, 1.807) is 18.2 Å². The van der Waals surface area contributed by atoms with Crippen molar-refractivity contribution in [3.63, 3.8) is 0 Å². The Morgan fingerprint density at radius 2 is 2.00 bits per heavy atom.